The molecule has 21 heavy (non-hydrogen) atoms. The van der Waals surface area contributed by atoms with Crippen molar-refractivity contribution in [1.82, 2.24) is 4.31 Å². The van der Waals surface area contributed by atoms with Crippen molar-refractivity contribution < 1.29 is 8.42 Å². The van der Waals surface area contributed by atoms with Crippen molar-refractivity contribution in [2.75, 3.05) is 13.1 Å². The molecule has 5 nitrogen and oxygen atoms in total. The Morgan fingerprint density at radius 3 is 2.76 bits per heavy atom. The van der Waals surface area contributed by atoms with Crippen LogP contribution in [0.25, 0.3) is 0 Å². The quantitative estimate of drug-likeness (QED) is 0.919. The Kier molecular flexibility index (Phi) is 4.67. The van der Waals surface area contributed by atoms with Gasteiger partial charge in [-0.3, -0.25) is 0 Å². The predicted molar refractivity (Wildman–Crippen MR) is 81.0 cm³/mol. The predicted octanol–water partition coefficient (Wildman–Crippen LogP) is 1.61. The van der Waals surface area contributed by atoms with E-state index in [4.69, 9.17) is 11.0 Å². The van der Waals surface area contributed by atoms with Crippen molar-refractivity contribution >= 4 is 10.0 Å². The second-order valence-corrected chi connectivity index (χ2v) is 7.59. The molecule has 1 aliphatic rings. The van der Waals surface area contributed by atoms with Crippen molar-refractivity contribution in [2.45, 2.75) is 37.6 Å². The SMILES string of the molecule is Cc1cc(C#N)ccc1S(=O)(=O)N1CCC(C)CC1CN. The Labute approximate surface area is 126 Å². The number of hydrogen-bond donors (Lipinski definition) is 1. The van der Waals surface area contributed by atoms with E-state index in [2.05, 4.69) is 6.92 Å². The van der Waals surface area contributed by atoms with Gasteiger partial charge in [-0.15, -0.1) is 0 Å². The highest BCUT2D eigenvalue weighted by atomic mass is 32.2. The lowest BCUT2D eigenvalue weighted by Gasteiger charge is -2.37. The minimum absolute atomic E-state index is 0.145. The summed E-state index contributed by atoms with van der Waals surface area (Å²) in [5, 5.41) is 8.89. The van der Waals surface area contributed by atoms with Gasteiger partial charge in [-0.2, -0.15) is 9.57 Å². The summed E-state index contributed by atoms with van der Waals surface area (Å²) in [6.07, 6.45) is 1.65. The Bertz CT molecular complexity index is 664. The Morgan fingerprint density at radius 1 is 1.48 bits per heavy atom. The molecule has 0 bridgehead atoms. The molecule has 1 heterocycles. The highest BCUT2D eigenvalue weighted by Gasteiger charge is 2.35. The van der Waals surface area contributed by atoms with Gasteiger partial charge in [-0.05, 0) is 49.4 Å². The molecule has 1 aromatic rings. The molecule has 2 rings (SSSR count). The smallest absolute Gasteiger partial charge is 0.243 e. The molecule has 1 aliphatic heterocycles. The summed E-state index contributed by atoms with van der Waals surface area (Å²) >= 11 is 0. The summed E-state index contributed by atoms with van der Waals surface area (Å²) in [6, 6.07) is 6.55. The molecule has 114 valence electrons. The molecule has 0 saturated carbocycles. The zero-order valence-electron chi connectivity index (χ0n) is 12.4. The van der Waals surface area contributed by atoms with Gasteiger partial charge in [-0.1, -0.05) is 6.92 Å². The van der Waals surface area contributed by atoms with Crippen LogP contribution in [0.2, 0.25) is 0 Å². The van der Waals surface area contributed by atoms with Crippen molar-refractivity contribution in [3.8, 4) is 6.07 Å². The maximum absolute atomic E-state index is 12.9. The van der Waals surface area contributed by atoms with Gasteiger partial charge in [0.1, 0.15) is 0 Å². The van der Waals surface area contributed by atoms with Crippen LogP contribution < -0.4 is 5.73 Å². The van der Waals surface area contributed by atoms with Gasteiger partial charge in [0.25, 0.3) is 0 Å². The minimum atomic E-state index is -3.56. The number of nitrogens with two attached hydrogens (primary N) is 1. The average molecular weight is 307 g/mol. The molecule has 0 spiro atoms. The van der Waals surface area contributed by atoms with Crippen LogP contribution in [0, 0.1) is 24.2 Å². The highest BCUT2D eigenvalue weighted by Crippen LogP contribution is 2.29. The molecule has 1 fully saturated rings. The molecule has 0 radical (unpaired) electrons. The number of piperidine rings is 1. The molecule has 1 saturated heterocycles. The molecular formula is C15H21N3O2S. The lowest BCUT2D eigenvalue weighted by atomic mass is 9.94. The molecule has 0 amide bonds. The lowest BCUT2D eigenvalue weighted by molar-refractivity contribution is 0.211. The summed E-state index contributed by atoms with van der Waals surface area (Å²) < 4.78 is 27.3. The average Bonchev–Trinajstić information content (AvgIpc) is 2.46. The van der Waals surface area contributed by atoms with Crippen LogP contribution in [0.15, 0.2) is 23.1 Å². The fraction of sp³-hybridized carbons (Fsp3) is 0.533. The maximum atomic E-state index is 12.9. The van der Waals surface area contributed by atoms with Crippen molar-refractivity contribution in [3.05, 3.63) is 29.3 Å². The third kappa shape index (κ3) is 3.10. The highest BCUT2D eigenvalue weighted by molar-refractivity contribution is 7.89. The molecule has 2 N–H and O–H groups in total. The van der Waals surface area contributed by atoms with E-state index in [9.17, 15) is 8.42 Å². The van der Waals surface area contributed by atoms with Crippen molar-refractivity contribution in [1.29, 1.82) is 5.26 Å². The largest absolute Gasteiger partial charge is 0.329 e. The Morgan fingerprint density at radius 2 is 2.19 bits per heavy atom. The fourth-order valence-corrected chi connectivity index (χ4v) is 4.76. The van der Waals surface area contributed by atoms with Crippen LogP contribution in [0.3, 0.4) is 0 Å². The Hall–Kier alpha value is -1.42. The van der Waals surface area contributed by atoms with E-state index in [1.54, 1.807) is 19.1 Å². The monoisotopic (exact) mass is 307 g/mol. The molecule has 2 atom stereocenters. The van der Waals surface area contributed by atoms with Gasteiger partial charge in [0.2, 0.25) is 10.0 Å². The van der Waals surface area contributed by atoms with Crippen LogP contribution >= 0.6 is 0 Å². The van der Waals surface area contributed by atoms with E-state index in [0.29, 0.717) is 30.1 Å². The maximum Gasteiger partial charge on any atom is 0.243 e. The third-order valence-electron chi connectivity index (χ3n) is 4.09. The summed E-state index contributed by atoms with van der Waals surface area (Å²) in [4.78, 5) is 0.273. The first-order valence-electron chi connectivity index (χ1n) is 7.12. The van der Waals surface area contributed by atoms with Gasteiger partial charge < -0.3 is 5.73 Å². The summed E-state index contributed by atoms with van der Waals surface area (Å²) in [5.41, 5.74) is 6.83. The van der Waals surface area contributed by atoms with E-state index >= 15 is 0 Å². The summed E-state index contributed by atoms with van der Waals surface area (Å²) in [6.45, 7) is 4.68. The van der Waals surface area contributed by atoms with Crippen LogP contribution in [-0.4, -0.2) is 31.9 Å². The van der Waals surface area contributed by atoms with Gasteiger partial charge in [0.15, 0.2) is 0 Å². The van der Waals surface area contributed by atoms with Gasteiger partial charge in [0, 0.05) is 19.1 Å². The second kappa shape index (κ2) is 6.14. The molecule has 6 heteroatoms. The van der Waals surface area contributed by atoms with Crippen LogP contribution in [0.5, 0.6) is 0 Å². The van der Waals surface area contributed by atoms with Crippen LogP contribution in [0.4, 0.5) is 0 Å². The molecule has 1 aromatic carbocycles. The number of hydrogen-bond acceptors (Lipinski definition) is 4. The summed E-state index contributed by atoms with van der Waals surface area (Å²) in [7, 11) is -3.56. The minimum Gasteiger partial charge on any atom is -0.329 e. The number of aryl methyl sites for hydroxylation is 1. The van der Waals surface area contributed by atoms with Gasteiger partial charge in [-0.25, -0.2) is 8.42 Å². The normalized spacial score (nSPS) is 23.7. The number of benzene rings is 1. The zero-order chi connectivity index (χ0) is 15.6. The first kappa shape index (κ1) is 16.0. The number of sulfonamides is 1. The standard InChI is InChI=1S/C15H21N3O2S/c1-11-5-6-18(14(7-11)10-17)21(19,20)15-4-3-13(9-16)8-12(15)2/h3-4,8,11,14H,5-7,10,17H2,1-2H3. The topological polar surface area (TPSA) is 87.2 Å². The lowest BCUT2D eigenvalue weighted by Crippen LogP contribution is -2.49. The number of nitriles is 1. The van der Waals surface area contributed by atoms with E-state index in [1.807, 2.05) is 6.07 Å². The van der Waals surface area contributed by atoms with E-state index in [-0.39, 0.29) is 10.9 Å². The van der Waals surface area contributed by atoms with Crippen molar-refractivity contribution in [2.24, 2.45) is 11.7 Å². The molecule has 0 aromatic heterocycles. The van der Waals surface area contributed by atoms with E-state index < -0.39 is 10.0 Å². The third-order valence-corrected chi connectivity index (χ3v) is 6.20. The molecule has 2 unspecified atom stereocenters. The van der Waals surface area contributed by atoms with Crippen LogP contribution in [0.1, 0.15) is 30.9 Å². The van der Waals surface area contributed by atoms with Gasteiger partial charge >= 0.3 is 0 Å². The van der Waals surface area contributed by atoms with Gasteiger partial charge in [0.05, 0.1) is 16.5 Å². The molecular weight excluding hydrogens is 286 g/mol. The molecule has 0 aliphatic carbocycles. The van der Waals surface area contributed by atoms with E-state index in [0.717, 1.165) is 12.8 Å². The zero-order valence-corrected chi connectivity index (χ0v) is 13.2. The first-order valence-corrected chi connectivity index (χ1v) is 8.56. The van der Waals surface area contributed by atoms with Crippen molar-refractivity contribution in [3.63, 3.8) is 0 Å². The first-order chi connectivity index (χ1) is 9.90. The Balaban J connectivity index is 2.40. The number of nitrogens with zero attached hydrogens (tertiary/aromatic N) is 2. The second-order valence-electron chi connectivity index (χ2n) is 5.73. The fourth-order valence-electron chi connectivity index (χ4n) is 2.90. The summed E-state index contributed by atoms with van der Waals surface area (Å²) in [5.74, 6) is 0.493. The van der Waals surface area contributed by atoms with Crippen LogP contribution in [-0.2, 0) is 10.0 Å². The number of rotatable bonds is 3. The van der Waals surface area contributed by atoms with E-state index in [1.165, 1.54) is 10.4 Å².